The fourth-order valence-electron chi connectivity index (χ4n) is 2.65. The molecule has 2 rings (SSSR count). The van der Waals surface area contributed by atoms with Crippen molar-refractivity contribution in [2.75, 3.05) is 0 Å². The molecule has 0 spiro atoms. The molecule has 0 saturated heterocycles. The van der Waals surface area contributed by atoms with Crippen molar-refractivity contribution in [2.45, 2.75) is 39.5 Å². The molecule has 0 fully saturated rings. The number of aryl methyl sites for hydroxylation is 2. The molecule has 0 N–H and O–H groups in total. The summed E-state index contributed by atoms with van der Waals surface area (Å²) >= 11 is 0. The molecule has 0 radical (unpaired) electrons. The molecule has 104 valence electrons. The first-order chi connectivity index (χ1) is 9.63. The summed E-state index contributed by atoms with van der Waals surface area (Å²) in [4.78, 5) is 12.6. The Bertz CT molecular complexity index is 584. The van der Waals surface area contributed by atoms with E-state index in [0.717, 1.165) is 17.5 Å². The molecular weight excluding hydrogens is 244 g/mol. The SMILES string of the molecule is CCCC(=O)C(c1ccccc1)c1cc(C)ccc1C. The number of carbonyl (C=O) groups excluding carboxylic acids is 1. The molecule has 1 unspecified atom stereocenters. The second kappa shape index (κ2) is 6.51. The van der Waals surface area contributed by atoms with E-state index in [4.69, 9.17) is 0 Å². The molecule has 0 aliphatic carbocycles. The minimum Gasteiger partial charge on any atom is -0.299 e. The van der Waals surface area contributed by atoms with E-state index in [9.17, 15) is 4.79 Å². The molecule has 0 amide bonds. The zero-order valence-corrected chi connectivity index (χ0v) is 12.5. The van der Waals surface area contributed by atoms with E-state index >= 15 is 0 Å². The van der Waals surface area contributed by atoms with E-state index in [-0.39, 0.29) is 5.92 Å². The number of benzene rings is 2. The topological polar surface area (TPSA) is 17.1 Å². The predicted octanol–water partition coefficient (Wildman–Crippen LogP) is 4.80. The molecule has 1 nitrogen and oxygen atoms in total. The summed E-state index contributed by atoms with van der Waals surface area (Å²) in [5.74, 6) is 0.184. The monoisotopic (exact) mass is 266 g/mol. The van der Waals surface area contributed by atoms with Crippen molar-refractivity contribution < 1.29 is 4.79 Å². The molecular formula is C19H22O. The number of rotatable bonds is 5. The van der Waals surface area contributed by atoms with Gasteiger partial charge >= 0.3 is 0 Å². The highest BCUT2D eigenvalue weighted by Gasteiger charge is 2.23. The van der Waals surface area contributed by atoms with Gasteiger partial charge in [-0.3, -0.25) is 4.79 Å². The molecule has 0 aliphatic heterocycles. The van der Waals surface area contributed by atoms with Crippen LogP contribution in [-0.2, 0) is 4.79 Å². The number of Topliss-reactive ketones (excluding diaryl/α,β-unsaturated/α-hetero) is 1. The highest BCUT2D eigenvalue weighted by atomic mass is 16.1. The summed E-state index contributed by atoms with van der Waals surface area (Å²) in [7, 11) is 0. The van der Waals surface area contributed by atoms with Crippen LogP contribution in [0.4, 0.5) is 0 Å². The molecule has 0 heterocycles. The van der Waals surface area contributed by atoms with Crippen molar-refractivity contribution in [3.8, 4) is 0 Å². The van der Waals surface area contributed by atoms with Crippen LogP contribution < -0.4 is 0 Å². The van der Waals surface area contributed by atoms with Crippen molar-refractivity contribution in [3.63, 3.8) is 0 Å². The first-order valence-corrected chi connectivity index (χ1v) is 7.28. The van der Waals surface area contributed by atoms with Crippen molar-refractivity contribution >= 4 is 5.78 Å². The highest BCUT2D eigenvalue weighted by Crippen LogP contribution is 2.30. The third kappa shape index (κ3) is 3.16. The molecule has 1 heteroatoms. The van der Waals surface area contributed by atoms with Gasteiger partial charge in [-0.1, -0.05) is 61.0 Å². The fourth-order valence-corrected chi connectivity index (χ4v) is 2.65. The maximum absolute atomic E-state index is 12.6. The minimum absolute atomic E-state index is 0.129. The van der Waals surface area contributed by atoms with Crippen LogP contribution in [0.3, 0.4) is 0 Å². The number of hydrogen-bond donors (Lipinski definition) is 0. The van der Waals surface area contributed by atoms with Gasteiger partial charge in [0.2, 0.25) is 0 Å². The van der Waals surface area contributed by atoms with Crippen molar-refractivity contribution in [2.24, 2.45) is 0 Å². The van der Waals surface area contributed by atoms with Crippen LogP contribution >= 0.6 is 0 Å². The van der Waals surface area contributed by atoms with E-state index in [1.54, 1.807) is 0 Å². The summed E-state index contributed by atoms with van der Waals surface area (Å²) in [6.45, 7) is 6.22. The van der Waals surface area contributed by atoms with Crippen LogP contribution in [0.15, 0.2) is 48.5 Å². The fraction of sp³-hybridized carbons (Fsp3) is 0.316. The Balaban J connectivity index is 2.51. The molecule has 0 saturated carbocycles. The Labute approximate surface area is 121 Å². The van der Waals surface area contributed by atoms with Crippen LogP contribution in [0.1, 0.15) is 47.9 Å². The molecule has 0 bridgehead atoms. The Morgan fingerprint density at radius 1 is 1.05 bits per heavy atom. The van der Waals surface area contributed by atoms with Crippen LogP contribution in [0.2, 0.25) is 0 Å². The van der Waals surface area contributed by atoms with Crippen molar-refractivity contribution in [1.29, 1.82) is 0 Å². The summed E-state index contributed by atoms with van der Waals surface area (Å²) in [5, 5.41) is 0. The zero-order chi connectivity index (χ0) is 14.5. The number of ketones is 1. The lowest BCUT2D eigenvalue weighted by atomic mass is 9.83. The van der Waals surface area contributed by atoms with E-state index < -0.39 is 0 Å². The van der Waals surface area contributed by atoms with E-state index in [1.807, 2.05) is 18.2 Å². The molecule has 0 aliphatic rings. The van der Waals surface area contributed by atoms with E-state index in [0.29, 0.717) is 12.2 Å². The average molecular weight is 266 g/mol. The van der Waals surface area contributed by atoms with Gasteiger partial charge in [-0.25, -0.2) is 0 Å². The second-order valence-corrected chi connectivity index (χ2v) is 5.42. The molecule has 1 atom stereocenters. The first-order valence-electron chi connectivity index (χ1n) is 7.28. The maximum atomic E-state index is 12.6. The van der Waals surface area contributed by atoms with Crippen molar-refractivity contribution in [1.82, 2.24) is 0 Å². The van der Waals surface area contributed by atoms with Gasteiger partial charge in [0.05, 0.1) is 5.92 Å². The van der Waals surface area contributed by atoms with Gasteiger partial charge in [-0.15, -0.1) is 0 Å². The third-order valence-electron chi connectivity index (χ3n) is 3.70. The Kier molecular flexibility index (Phi) is 4.73. The Morgan fingerprint density at radius 3 is 2.40 bits per heavy atom. The van der Waals surface area contributed by atoms with Crippen LogP contribution in [0.25, 0.3) is 0 Å². The predicted molar refractivity (Wildman–Crippen MR) is 84.1 cm³/mol. The van der Waals surface area contributed by atoms with Gasteiger partial charge < -0.3 is 0 Å². The molecule has 2 aromatic carbocycles. The largest absolute Gasteiger partial charge is 0.299 e. The van der Waals surface area contributed by atoms with E-state index in [2.05, 4.69) is 51.1 Å². The molecule has 2 aromatic rings. The normalized spacial score (nSPS) is 12.2. The number of carbonyl (C=O) groups is 1. The van der Waals surface area contributed by atoms with Crippen LogP contribution in [-0.4, -0.2) is 5.78 Å². The quantitative estimate of drug-likeness (QED) is 0.759. The molecule has 0 aromatic heterocycles. The van der Waals surface area contributed by atoms with Crippen LogP contribution in [0, 0.1) is 13.8 Å². The van der Waals surface area contributed by atoms with Gasteiger partial charge in [0.15, 0.2) is 0 Å². The summed E-state index contributed by atoms with van der Waals surface area (Å²) < 4.78 is 0. The van der Waals surface area contributed by atoms with Gasteiger partial charge in [0, 0.05) is 6.42 Å². The number of hydrogen-bond acceptors (Lipinski definition) is 1. The van der Waals surface area contributed by atoms with Gasteiger partial charge in [0.1, 0.15) is 5.78 Å². The van der Waals surface area contributed by atoms with Crippen LogP contribution in [0.5, 0.6) is 0 Å². The molecule has 20 heavy (non-hydrogen) atoms. The van der Waals surface area contributed by atoms with Gasteiger partial charge in [0.25, 0.3) is 0 Å². The van der Waals surface area contributed by atoms with Gasteiger partial charge in [-0.2, -0.15) is 0 Å². The second-order valence-electron chi connectivity index (χ2n) is 5.42. The lowest BCUT2D eigenvalue weighted by molar-refractivity contribution is -0.119. The van der Waals surface area contributed by atoms with Gasteiger partial charge in [-0.05, 0) is 37.0 Å². The Hall–Kier alpha value is -1.89. The maximum Gasteiger partial charge on any atom is 0.144 e. The smallest absolute Gasteiger partial charge is 0.144 e. The summed E-state index contributed by atoms with van der Waals surface area (Å²) in [6.07, 6.45) is 1.53. The first kappa shape index (κ1) is 14.5. The summed E-state index contributed by atoms with van der Waals surface area (Å²) in [6, 6.07) is 16.5. The zero-order valence-electron chi connectivity index (χ0n) is 12.5. The average Bonchev–Trinajstić information content (AvgIpc) is 2.44. The third-order valence-corrected chi connectivity index (χ3v) is 3.70. The summed E-state index contributed by atoms with van der Waals surface area (Å²) in [5.41, 5.74) is 4.64. The lowest BCUT2D eigenvalue weighted by Crippen LogP contribution is -2.15. The van der Waals surface area contributed by atoms with E-state index in [1.165, 1.54) is 11.1 Å². The minimum atomic E-state index is -0.129. The highest BCUT2D eigenvalue weighted by molar-refractivity contribution is 5.89. The Morgan fingerprint density at radius 2 is 1.75 bits per heavy atom. The standard InChI is InChI=1S/C19H22O/c1-4-8-18(20)19(16-9-6-5-7-10-16)17-13-14(2)11-12-15(17)3/h5-7,9-13,19H,4,8H2,1-3H3. The lowest BCUT2D eigenvalue weighted by Gasteiger charge is -2.19. The van der Waals surface area contributed by atoms with Crippen molar-refractivity contribution in [3.05, 3.63) is 70.8 Å².